The second kappa shape index (κ2) is 7.05. The van der Waals surface area contributed by atoms with Crippen molar-refractivity contribution in [2.45, 2.75) is 45.1 Å². The van der Waals surface area contributed by atoms with Crippen LogP contribution < -0.4 is 0 Å². The van der Waals surface area contributed by atoms with E-state index in [0.29, 0.717) is 19.1 Å². The summed E-state index contributed by atoms with van der Waals surface area (Å²) in [5.74, 6) is -0.971. The van der Waals surface area contributed by atoms with E-state index in [1.54, 1.807) is 4.90 Å². The minimum Gasteiger partial charge on any atom is -0.341 e. The van der Waals surface area contributed by atoms with Crippen molar-refractivity contribution < 1.29 is 17.1 Å². The van der Waals surface area contributed by atoms with Crippen LogP contribution in [0.25, 0.3) is 0 Å². The van der Waals surface area contributed by atoms with Crippen LogP contribution in [0.5, 0.6) is 0 Å². The predicted octanol–water partition coefficient (Wildman–Crippen LogP) is 1.40. The summed E-state index contributed by atoms with van der Waals surface area (Å²) in [5, 5.41) is 0. The smallest absolute Gasteiger partial charge is 0.302 e. The fraction of sp³-hybridized carbons (Fsp3) is 0.929. The summed E-state index contributed by atoms with van der Waals surface area (Å²) in [6, 6.07) is 0.596. The van der Waals surface area contributed by atoms with E-state index in [1.165, 1.54) is 19.3 Å². The van der Waals surface area contributed by atoms with E-state index in [-0.39, 0.29) is 12.3 Å². The van der Waals surface area contributed by atoms with Gasteiger partial charge in [0.25, 0.3) is 0 Å². The highest BCUT2D eigenvalue weighted by Gasteiger charge is 2.33. The summed E-state index contributed by atoms with van der Waals surface area (Å²) in [4.78, 5) is 16.0. The van der Waals surface area contributed by atoms with Gasteiger partial charge in [-0.25, -0.2) is 0 Å². The van der Waals surface area contributed by atoms with Crippen LogP contribution in [0.3, 0.4) is 0 Å². The zero-order valence-electron chi connectivity index (χ0n) is 12.6. The first-order valence-corrected chi connectivity index (χ1v) is 9.38. The quantitative estimate of drug-likeness (QED) is 0.694. The highest BCUT2D eigenvalue weighted by Crippen LogP contribution is 2.22. The Balaban J connectivity index is 1.81. The van der Waals surface area contributed by atoms with Crippen molar-refractivity contribution in [3.8, 4) is 0 Å². The van der Waals surface area contributed by atoms with Crippen molar-refractivity contribution >= 4 is 16.1 Å². The standard InChI is InChI=1S/C14H25FN2O3S/c1-2-13-5-3-4-6-16(13)7-8-17-10-12(9-14(17)18)11-21(15,19)20/h12-13H,2-11H2,1H3. The first-order chi connectivity index (χ1) is 9.89. The number of hydrogen-bond donors (Lipinski definition) is 0. The van der Waals surface area contributed by atoms with Gasteiger partial charge in [-0.05, 0) is 25.8 Å². The highest BCUT2D eigenvalue weighted by molar-refractivity contribution is 7.86. The topological polar surface area (TPSA) is 57.7 Å². The molecule has 2 saturated heterocycles. The van der Waals surface area contributed by atoms with E-state index in [0.717, 1.165) is 19.5 Å². The van der Waals surface area contributed by atoms with Gasteiger partial charge in [0.2, 0.25) is 5.91 Å². The van der Waals surface area contributed by atoms with Crippen LogP contribution in [0.1, 0.15) is 39.0 Å². The summed E-state index contributed by atoms with van der Waals surface area (Å²) in [6.45, 7) is 5.08. The Bertz CT molecular complexity index is 469. The third kappa shape index (κ3) is 4.92. The molecular weight excluding hydrogens is 295 g/mol. The first kappa shape index (κ1) is 16.7. The molecule has 21 heavy (non-hydrogen) atoms. The number of hydrogen-bond acceptors (Lipinski definition) is 4. The van der Waals surface area contributed by atoms with Crippen LogP contribution >= 0.6 is 0 Å². The lowest BCUT2D eigenvalue weighted by Crippen LogP contribution is -2.44. The maximum Gasteiger partial charge on any atom is 0.302 e. The summed E-state index contributed by atoms with van der Waals surface area (Å²) in [6.07, 6.45) is 4.96. The normalized spacial score (nSPS) is 28.3. The molecule has 2 aliphatic rings. The summed E-state index contributed by atoms with van der Waals surface area (Å²) >= 11 is 0. The molecule has 122 valence electrons. The molecule has 2 aliphatic heterocycles. The van der Waals surface area contributed by atoms with Crippen LogP contribution in [0, 0.1) is 5.92 Å². The Morgan fingerprint density at radius 2 is 2.05 bits per heavy atom. The zero-order valence-corrected chi connectivity index (χ0v) is 13.4. The Labute approximate surface area is 126 Å². The molecule has 7 heteroatoms. The lowest BCUT2D eigenvalue weighted by Gasteiger charge is -2.36. The van der Waals surface area contributed by atoms with Crippen LogP contribution in [-0.4, -0.2) is 62.1 Å². The minimum absolute atomic E-state index is 0.0475. The lowest BCUT2D eigenvalue weighted by molar-refractivity contribution is -0.128. The van der Waals surface area contributed by atoms with Gasteiger partial charge in [0.05, 0.1) is 5.75 Å². The van der Waals surface area contributed by atoms with Crippen molar-refractivity contribution in [3.63, 3.8) is 0 Å². The molecule has 2 fully saturated rings. The van der Waals surface area contributed by atoms with Crippen LogP contribution in [-0.2, 0) is 15.0 Å². The largest absolute Gasteiger partial charge is 0.341 e. The second-order valence-corrected chi connectivity index (χ2v) is 7.62. The highest BCUT2D eigenvalue weighted by atomic mass is 32.3. The average Bonchev–Trinajstić information content (AvgIpc) is 2.74. The molecule has 2 atom stereocenters. The van der Waals surface area contributed by atoms with Gasteiger partial charge in [0, 0.05) is 38.0 Å². The Kier molecular flexibility index (Phi) is 5.60. The summed E-state index contributed by atoms with van der Waals surface area (Å²) in [7, 11) is -4.49. The van der Waals surface area contributed by atoms with Gasteiger partial charge in [0.1, 0.15) is 0 Å². The van der Waals surface area contributed by atoms with Gasteiger partial charge < -0.3 is 4.90 Å². The summed E-state index contributed by atoms with van der Waals surface area (Å²) in [5.41, 5.74) is 0. The van der Waals surface area contributed by atoms with Gasteiger partial charge >= 0.3 is 10.2 Å². The van der Waals surface area contributed by atoms with Gasteiger partial charge in [-0.2, -0.15) is 8.42 Å². The molecule has 0 bridgehead atoms. The van der Waals surface area contributed by atoms with E-state index in [1.807, 2.05) is 0 Å². The molecule has 0 saturated carbocycles. The maximum atomic E-state index is 12.7. The van der Waals surface area contributed by atoms with Crippen LogP contribution in [0.15, 0.2) is 0 Å². The van der Waals surface area contributed by atoms with Gasteiger partial charge in [-0.15, -0.1) is 3.89 Å². The summed E-state index contributed by atoms with van der Waals surface area (Å²) < 4.78 is 34.1. The molecule has 2 heterocycles. The Morgan fingerprint density at radius 1 is 1.29 bits per heavy atom. The van der Waals surface area contributed by atoms with Crippen molar-refractivity contribution in [1.29, 1.82) is 0 Å². The first-order valence-electron chi connectivity index (χ1n) is 7.83. The monoisotopic (exact) mass is 320 g/mol. The average molecular weight is 320 g/mol. The molecule has 0 N–H and O–H groups in total. The molecule has 2 rings (SSSR count). The number of carbonyl (C=O) groups is 1. The van der Waals surface area contributed by atoms with Gasteiger partial charge in [-0.1, -0.05) is 13.3 Å². The Morgan fingerprint density at radius 3 is 2.71 bits per heavy atom. The number of likely N-dealkylation sites (tertiary alicyclic amines) is 2. The molecule has 0 radical (unpaired) electrons. The van der Waals surface area contributed by atoms with Crippen molar-refractivity contribution in [2.75, 3.05) is 31.9 Å². The van der Waals surface area contributed by atoms with Crippen molar-refractivity contribution in [1.82, 2.24) is 9.80 Å². The molecule has 0 spiro atoms. The molecular formula is C14H25FN2O3S. The maximum absolute atomic E-state index is 12.7. The number of rotatable bonds is 6. The molecule has 0 aromatic rings. The predicted molar refractivity (Wildman–Crippen MR) is 79.1 cm³/mol. The second-order valence-electron chi connectivity index (χ2n) is 6.21. The van der Waals surface area contributed by atoms with Crippen LogP contribution in [0.4, 0.5) is 3.89 Å². The van der Waals surface area contributed by atoms with E-state index in [2.05, 4.69) is 11.8 Å². The lowest BCUT2D eigenvalue weighted by atomic mass is 10.0. The molecule has 5 nitrogen and oxygen atoms in total. The fourth-order valence-corrected chi connectivity index (χ4v) is 4.32. The van der Waals surface area contributed by atoms with Crippen molar-refractivity contribution in [3.05, 3.63) is 0 Å². The molecule has 1 amide bonds. The van der Waals surface area contributed by atoms with Gasteiger partial charge in [-0.3, -0.25) is 9.69 Å². The van der Waals surface area contributed by atoms with Gasteiger partial charge in [0.15, 0.2) is 0 Å². The molecule has 0 aromatic carbocycles. The van der Waals surface area contributed by atoms with Crippen molar-refractivity contribution in [2.24, 2.45) is 5.92 Å². The van der Waals surface area contributed by atoms with Crippen LogP contribution in [0.2, 0.25) is 0 Å². The fourth-order valence-electron chi connectivity index (χ4n) is 3.53. The van der Waals surface area contributed by atoms with E-state index >= 15 is 0 Å². The molecule has 0 aliphatic carbocycles. The van der Waals surface area contributed by atoms with E-state index in [4.69, 9.17) is 0 Å². The number of amides is 1. The number of halogens is 1. The minimum atomic E-state index is -4.49. The zero-order chi connectivity index (χ0) is 15.5. The number of piperidine rings is 1. The molecule has 2 unspecified atom stereocenters. The third-order valence-electron chi connectivity index (χ3n) is 4.61. The SMILES string of the molecule is CCC1CCCCN1CCN1CC(CS(=O)(=O)F)CC1=O. The Hall–Kier alpha value is -0.690. The molecule has 0 aromatic heterocycles. The van der Waals surface area contributed by atoms with E-state index < -0.39 is 21.9 Å². The third-order valence-corrected chi connectivity index (χ3v) is 5.48. The van der Waals surface area contributed by atoms with E-state index in [9.17, 15) is 17.1 Å². The number of carbonyl (C=O) groups excluding carboxylic acids is 1. The number of nitrogens with zero attached hydrogens (tertiary/aromatic N) is 2.